The molecular formula is C28H26N2O5S. The third-order valence-corrected chi connectivity index (χ3v) is 6.46. The first-order chi connectivity index (χ1) is 17.3. The van der Waals surface area contributed by atoms with Crippen molar-refractivity contribution in [1.29, 1.82) is 0 Å². The van der Waals surface area contributed by atoms with Crippen LogP contribution in [0.25, 0.3) is 6.08 Å². The zero-order valence-electron chi connectivity index (χ0n) is 20.2. The molecule has 1 N–H and O–H groups in total. The van der Waals surface area contributed by atoms with E-state index in [4.69, 9.17) is 9.47 Å². The highest BCUT2D eigenvalue weighted by Gasteiger charge is 2.30. The third-order valence-electron chi connectivity index (χ3n) is 5.40. The number of aromatic carboxylic acids is 1. The average Bonchev–Trinajstić information content (AvgIpc) is 3.12. The van der Waals surface area contributed by atoms with Crippen molar-refractivity contribution in [2.24, 2.45) is 4.99 Å². The summed E-state index contributed by atoms with van der Waals surface area (Å²) < 4.78 is 11.8. The van der Waals surface area contributed by atoms with Gasteiger partial charge in [-0.3, -0.25) is 9.69 Å². The standard InChI is InChI=1S/C28H26N2O5S/c1-4-34-24-14-20(12-13-23(24)35-17-19-10-8-18(2)9-11-19)15-25-26(31)30(3)28(36-25)29-22-7-5-6-21(16-22)27(32)33/h5-16H,4,17H2,1-3H3,(H,32,33)/b25-15-,29-28?. The molecule has 1 saturated heterocycles. The summed E-state index contributed by atoms with van der Waals surface area (Å²) >= 11 is 1.23. The second-order valence-corrected chi connectivity index (χ2v) is 9.15. The number of amides is 1. The van der Waals surface area contributed by atoms with E-state index in [0.29, 0.717) is 40.5 Å². The number of carboxylic acid groups (broad SMARTS) is 1. The van der Waals surface area contributed by atoms with Gasteiger partial charge in [0, 0.05) is 7.05 Å². The first-order valence-electron chi connectivity index (χ1n) is 11.4. The van der Waals surface area contributed by atoms with E-state index in [0.717, 1.165) is 11.1 Å². The topological polar surface area (TPSA) is 88.4 Å². The number of carbonyl (C=O) groups excluding carboxylic acids is 1. The van der Waals surface area contributed by atoms with Crippen LogP contribution in [0.1, 0.15) is 34.0 Å². The molecule has 1 aliphatic rings. The Morgan fingerprint density at radius 3 is 2.56 bits per heavy atom. The van der Waals surface area contributed by atoms with Gasteiger partial charge in [-0.15, -0.1) is 0 Å². The maximum absolute atomic E-state index is 12.9. The van der Waals surface area contributed by atoms with Crippen molar-refractivity contribution >= 4 is 40.6 Å². The number of thioether (sulfide) groups is 1. The van der Waals surface area contributed by atoms with Gasteiger partial charge in [0.1, 0.15) is 6.61 Å². The van der Waals surface area contributed by atoms with Crippen LogP contribution in [0.15, 0.2) is 76.6 Å². The number of likely N-dealkylation sites (N-methyl/N-ethyl adjacent to an activating group) is 1. The normalized spacial score (nSPS) is 15.5. The Labute approximate surface area is 214 Å². The molecule has 0 aromatic heterocycles. The fourth-order valence-electron chi connectivity index (χ4n) is 3.47. The van der Waals surface area contributed by atoms with E-state index >= 15 is 0 Å². The lowest BCUT2D eigenvalue weighted by molar-refractivity contribution is -0.121. The van der Waals surface area contributed by atoms with Crippen LogP contribution in [0.3, 0.4) is 0 Å². The number of hydrogen-bond acceptors (Lipinski definition) is 6. The molecule has 1 amide bonds. The molecule has 0 saturated carbocycles. The largest absolute Gasteiger partial charge is 0.490 e. The highest BCUT2D eigenvalue weighted by atomic mass is 32.2. The lowest BCUT2D eigenvalue weighted by Crippen LogP contribution is -2.23. The lowest BCUT2D eigenvalue weighted by Gasteiger charge is -2.13. The molecule has 1 heterocycles. The Kier molecular flexibility index (Phi) is 7.75. The van der Waals surface area contributed by atoms with Crippen LogP contribution in [0.5, 0.6) is 11.5 Å². The number of hydrogen-bond donors (Lipinski definition) is 1. The van der Waals surface area contributed by atoms with Crippen molar-refractivity contribution < 1.29 is 24.2 Å². The van der Waals surface area contributed by atoms with Crippen LogP contribution in [-0.4, -0.2) is 40.7 Å². The number of amidine groups is 1. The summed E-state index contributed by atoms with van der Waals surface area (Å²) in [4.78, 5) is 30.5. The van der Waals surface area contributed by atoms with E-state index in [2.05, 4.69) is 4.99 Å². The number of nitrogens with zero attached hydrogens (tertiary/aromatic N) is 2. The van der Waals surface area contributed by atoms with Crippen molar-refractivity contribution in [3.05, 3.63) is 93.9 Å². The van der Waals surface area contributed by atoms with Crippen molar-refractivity contribution in [2.75, 3.05) is 13.7 Å². The van der Waals surface area contributed by atoms with Gasteiger partial charge in [-0.1, -0.05) is 42.0 Å². The zero-order chi connectivity index (χ0) is 25.7. The monoisotopic (exact) mass is 502 g/mol. The summed E-state index contributed by atoms with van der Waals surface area (Å²) in [6.07, 6.45) is 1.78. The molecule has 3 aromatic rings. The quantitative estimate of drug-likeness (QED) is 0.386. The molecule has 184 valence electrons. The van der Waals surface area contributed by atoms with Gasteiger partial charge >= 0.3 is 5.97 Å². The number of rotatable bonds is 8. The van der Waals surface area contributed by atoms with Gasteiger partial charge in [-0.05, 0) is 73.1 Å². The Hall–Kier alpha value is -4.04. The van der Waals surface area contributed by atoms with Gasteiger partial charge in [0.25, 0.3) is 5.91 Å². The van der Waals surface area contributed by atoms with Crippen LogP contribution in [-0.2, 0) is 11.4 Å². The highest BCUT2D eigenvalue weighted by Crippen LogP contribution is 2.35. The summed E-state index contributed by atoms with van der Waals surface area (Å²) in [7, 11) is 1.64. The molecule has 8 heteroatoms. The van der Waals surface area contributed by atoms with Gasteiger partial charge in [0.15, 0.2) is 16.7 Å². The highest BCUT2D eigenvalue weighted by molar-refractivity contribution is 8.18. The molecule has 7 nitrogen and oxygen atoms in total. The predicted molar refractivity (Wildman–Crippen MR) is 142 cm³/mol. The van der Waals surface area contributed by atoms with Crippen molar-refractivity contribution in [1.82, 2.24) is 4.90 Å². The average molecular weight is 503 g/mol. The minimum Gasteiger partial charge on any atom is -0.490 e. The predicted octanol–water partition coefficient (Wildman–Crippen LogP) is 5.90. The van der Waals surface area contributed by atoms with Gasteiger partial charge in [0.2, 0.25) is 0 Å². The molecule has 4 rings (SSSR count). The fraction of sp³-hybridized carbons (Fsp3) is 0.179. The Bertz CT molecular complexity index is 1350. The molecule has 36 heavy (non-hydrogen) atoms. The van der Waals surface area contributed by atoms with E-state index in [1.807, 2.05) is 56.3 Å². The third kappa shape index (κ3) is 5.95. The fourth-order valence-corrected chi connectivity index (χ4v) is 4.46. The molecule has 0 unspecified atom stereocenters. The van der Waals surface area contributed by atoms with E-state index in [1.165, 1.54) is 34.4 Å². The molecule has 0 spiro atoms. The van der Waals surface area contributed by atoms with Gasteiger partial charge in [-0.2, -0.15) is 0 Å². The number of aliphatic imine (C=N–C) groups is 1. The van der Waals surface area contributed by atoms with Crippen LogP contribution in [0.2, 0.25) is 0 Å². The van der Waals surface area contributed by atoms with Crippen LogP contribution < -0.4 is 9.47 Å². The Morgan fingerprint density at radius 2 is 1.83 bits per heavy atom. The minimum atomic E-state index is -1.03. The molecule has 0 atom stereocenters. The second-order valence-electron chi connectivity index (χ2n) is 8.14. The van der Waals surface area contributed by atoms with E-state index in [-0.39, 0.29) is 11.5 Å². The summed E-state index contributed by atoms with van der Waals surface area (Å²) in [6.45, 7) is 4.84. The molecule has 3 aromatic carbocycles. The number of benzene rings is 3. The summed E-state index contributed by atoms with van der Waals surface area (Å²) in [5.74, 6) is 0.00753. The van der Waals surface area contributed by atoms with Crippen molar-refractivity contribution in [3.63, 3.8) is 0 Å². The molecular weight excluding hydrogens is 476 g/mol. The van der Waals surface area contributed by atoms with Crippen LogP contribution in [0, 0.1) is 6.92 Å². The number of carbonyl (C=O) groups is 2. The Balaban J connectivity index is 1.54. The molecule has 1 aliphatic heterocycles. The molecule has 0 aliphatic carbocycles. The van der Waals surface area contributed by atoms with E-state index < -0.39 is 5.97 Å². The van der Waals surface area contributed by atoms with Gasteiger partial charge in [0.05, 0.1) is 22.8 Å². The van der Waals surface area contributed by atoms with Gasteiger partial charge < -0.3 is 14.6 Å². The smallest absolute Gasteiger partial charge is 0.335 e. The first-order valence-corrected chi connectivity index (χ1v) is 12.2. The molecule has 1 fully saturated rings. The first kappa shape index (κ1) is 25.1. The Morgan fingerprint density at radius 1 is 1.06 bits per heavy atom. The van der Waals surface area contributed by atoms with Crippen molar-refractivity contribution in [3.8, 4) is 11.5 Å². The molecule has 0 bridgehead atoms. The van der Waals surface area contributed by atoms with Crippen LogP contribution >= 0.6 is 11.8 Å². The summed E-state index contributed by atoms with van der Waals surface area (Å²) in [6, 6.07) is 20.0. The molecule has 0 radical (unpaired) electrons. The van der Waals surface area contributed by atoms with Crippen molar-refractivity contribution in [2.45, 2.75) is 20.5 Å². The minimum absolute atomic E-state index is 0.137. The second kappa shape index (κ2) is 11.1. The number of ether oxygens (including phenoxy) is 2. The van der Waals surface area contributed by atoms with Crippen LogP contribution in [0.4, 0.5) is 5.69 Å². The van der Waals surface area contributed by atoms with E-state index in [1.54, 1.807) is 25.3 Å². The number of aryl methyl sites for hydroxylation is 1. The van der Waals surface area contributed by atoms with E-state index in [9.17, 15) is 14.7 Å². The lowest BCUT2D eigenvalue weighted by atomic mass is 10.1. The maximum atomic E-state index is 12.9. The summed E-state index contributed by atoms with van der Waals surface area (Å²) in [5, 5.41) is 9.67. The number of carboxylic acids is 1. The maximum Gasteiger partial charge on any atom is 0.335 e. The zero-order valence-corrected chi connectivity index (χ0v) is 21.0. The SMILES string of the molecule is CCOc1cc(/C=C2\SC(=Nc3cccc(C(=O)O)c3)N(C)C2=O)ccc1OCc1ccc(C)cc1. The summed E-state index contributed by atoms with van der Waals surface area (Å²) in [5.41, 5.74) is 3.65. The van der Waals surface area contributed by atoms with Gasteiger partial charge in [-0.25, -0.2) is 9.79 Å².